The van der Waals surface area contributed by atoms with Crippen molar-refractivity contribution in [2.45, 2.75) is 13.8 Å². The van der Waals surface area contributed by atoms with Gasteiger partial charge in [-0.2, -0.15) is 0 Å². The van der Waals surface area contributed by atoms with Crippen molar-refractivity contribution in [3.8, 4) is 0 Å². The molecule has 1 fully saturated rings. The van der Waals surface area contributed by atoms with Crippen LogP contribution in [0.2, 0.25) is 0 Å². The number of aliphatic carboxylic acids is 1. The fraction of sp³-hybridized carbons (Fsp3) is 0.400. The van der Waals surface area contributed by atoms with E-state index in [1.54, 1.807) is 26.0 Å². The number of carbonyl (C=O) groups is 3. The van der Waals surface area contributed by atoms with Gasteiger partial charge in [0.1, 0.15) is 0 Å². The van der Waals surface area contributed by atoms with Gasteiger partial charge in [-0.05, 0) is 29.7 Å². The lowest BCUT2D eigenvalue weighted by molar-refractivity contribution is -0.140. The molecule has 0 saturated heterocycles. The SMILES string of the molecule is COC(=O)c1ccc(NC(=O)[C@@H]2[C@H](C(=O)O)C2(C)C)cc1. The van der Waals surface area contributed by atoms with Crippen LogP contribution in [0.1, 0.15) is 24.2 Å². The minimum absolute atomic E-state index is 0.321. The van der Waals surface area contributed by atoms with Crippen LogP contribution in [-0.4, -0.2) is 30.1 Å². The lowest BCUT2D eigenvalue weighted by atomic mass is 10.1. The number of carboxylic acid groups (broad SMARTS) is 1. The summed E-state index contributed by atoms with van der Waals surface area (Å²) in [6, 6.07) is 6.23. The molecule has 1 aliphatic rings. The van der Waals surface area contributed by atoms with Crippen molar-refractivity contribution in [2.75, 3.05) is 12.4 Å². The predicted molar refractivity (Wildman–Crippen MR) is 74.8 cm³/mol. The molecular weight excluding hydrogens is 274 g/mol. The van der Waals surface area contributed by atoms with Gasteiger partial charge < -0.3 is 15.2 Å². The number of hydrogen-bond acceptors (Lipinski definition) is 4. The molecule has 0 aromatic heterocycles. The van der Waals surface area contributed by atoms with Crippen LogP contribution in [0.25, 0.3) is 0 Å². The monoisotopic (exact) mass is 291 g/mol. The summed E-state index contributed by atoms with van der Waals surface area (Å²) in [7, 11) is 1.29. The average Bonchev–Trinajstić information content (AvgIpc) is 3.02. The van der Waals surface area contributed by atoms with E-state index in [-0.39, 0.29) is 5.91 Å². The normalized spacial score (nSPS) is 22.2. The van der Waals surface area contributed by atoms with Crippen LogP contribution in [0.4, 0.5) is 5.69 Å². The first-order chi connectivity index (χ1) is 9.78. The Kier molecular flexibility index (Phi) is 3.72. The van der Waals surface area contributed by atoms with E-state index in [9.17, 15) is 14.4 Å². The van der Waals surface area contributed by atoms with E-state index in [0.717, 1.165) is 0 Å². The Morgan fingerprint density at radius 1 is 1.14 bits per heavy atom. The summed E-state index contributed by atoms with van der Waals surface area (Å²) >= 11 is 0. The van der Waals surface area contributed by atoms with Gasteiger partial charge in [0, 0.05) is 5.69 Å². The lowest BCUT2D eigenvalue weighted by Crippen LogP contribution is -2.17. The molecule has 1 aliphatic carbocycles. The molecule has 112 valence electrons. The largest absolute Gasteiger partial charge is 0.481 e. The van der Waals surface area contributed by atoms with Crippen molar-refractivity contribution in [1.29, 1.82) is 0 Å². The highest BCUT2D eigenvalue weighted by Gasteiger charge is 2.65. The minimum Gasteiger partial charge on any atom is -0.481 e. The summed E-state index contributed by atoms with van der Waals surface area (Å²) in [5, 5.41) is 11.7. The van der Waals surface area contributed by atoms with Gasteiger partial charge in [0.15, 0.2) is 0 Å². The number of esters is 1. The Hall–Kier alpha value is -2.37. The smallest absolute Gasteiger partial charge is 0.337 e. The van der Waals surface area contributed by atoms with E-state index >= 15 is 0 Å². The van der Waals surface area contributed by atoms with Crippen LogP contribution in [0.3, 0.4) is 0 Å². The highest BCUT2D eigenvalue weighted by molar-refractivity contribution is 6.00. The molecule has 6 heteroatoms. The minimum atomic E-state index is -0.957. The maximum absolute atomic E-state index is 12.1. The Balaban J connectivity index is 2.04. The second-order valence-corrected chi connectivity index (χ2v) is 5.67. The topological polar surface area (TPSA) is 92.7 Å². The van der Waals surface area contributed by atoms with Crippen LogP contribution >= 0.6 is 0 Å². The molecule has 1 amide bonds. The van der Waals surface area contributed by atoms with Gasteiger partial charge in [0.05, 0.1) is 24.5 Å². The molecule has 0 unspecified atom stereocenters. The van der Waals surface area contributed by atoms with E-state index in [2.05, 4.69) is 10.1 Å². The van der Waals surface area contributed by atoms with E-state index in [4.69, 9.17) is 5.11 Å². The summed E-state index contributed by atoms with van der Waals surface area (Å²) in [6.07, 6.45) is 0. The van der Waals surface area contributed by atoms with Crippen LogP contribution in [0.5, 0.6) is 0 Å². The second-order valence-electron chi connectivity index (χ2n) is 5.67. The summed E-state index contributed by atoms with van der Waals surface area (Å²) in [6.45, 7) is 3.52. The molecule has 0 heterocycles. The fourth-order valence-corrected chi connectivity index (χ4v) is 2.62. The molecule has 2 rings (SSSR count). The Bertz CT molecular complexity index is 591. The van der Waals surface area contributed by atoms with Gasteiger partial charge in [-0.15, -0.1) is 0 Å². The van der Waals surface area contributed by atoms with Crippen LogP contribution < -0.4 is 5.32 Å². The first-order valence-corrected chi connectivity index (χ1v) is 6.51. The number of amides is 1. The third-order valence-corrected chi connectivity index (χ3v) is 3.95. The molecule has 0 aliphatic heterocycles. The number of benzene rings is 1. The Morgan fingerprint density at radius 3 is 2.14 bits per heavy atom. The Morgan fingerprint density at radius 2 is 1.71 bits per heavy atom. The van der Waals surface area contributed by atoms with Crippen molar-refractivity contribution < 1.29 is 24.2 Å². The summed E-state index contributed by atoms with van der Waals surface area (Å²) in [4.78, 5) is 34.5. The zero-order valence-electron chi connectivity index (χ0n) is 12.0. The van der Waals surface area contributed by atoms with E-state index in [0.29, 0.717) is 11.3 Å². The zero-order chi connectivity index (χ0) is 15.8. The van der Waals surface area contributed by atoms with Crippen molar-refractivity contribution in [1.82, 2.24) is 0 Å². The molecule has 0 spiro atoms. The number of methoxy groups -OCH3 is 1. The zero-order valence-corrected chi connectivity index (χ0v) is 12.0. The predicted octanol–water partition coefficient (Wildman–Crippen LogP) is 1.77. The third kappa shape index (κ3) is 2.74. The number of rotatable bonds is 4. The lowest BCUT2D eigenvalue weighted by Gasteiger charge is -2.06. The standard InChI is InChI=1S/C15H17NO5/c1-15(2)10(11(15)13(18)19)12(17)16-9-6-4-8(5-7-9)14(20)21-3/h4-7,10-11H,1-3H3,(H,16,17)(H,18,19)/t10-,11+/m0/s1. The van der Waals surface area contributed by atoms with Gasteiger partial charge in [-0.25, -0.2) is 4.79 Å². The maximum Gasteiger partial charge on any atom is 0.337 e. The van der Waals surface area contributed by atoms with Crippen molar-refractivity contribution in [2.24, 2.45) is 17.3 Å². The number of nitrogens with one attached hydrogen (secondary N) is 1. The first-order valence-electron chi connectivity index (χ1n) is 6.51. The third-order valence-electron chi connectivity index (χ3n) is 3.95. The summed E-state index contributed by atoms with van der Waals surface area (Å²) in [5.74, 6) is -2.94. The highest BCUT2D eigenvalue weighted by atomic mass is 16.5. The van der Waals surface area contributed by atoms with Crippen LogP contribution in [-0.2, 0) is 14.3 Å². The number of ether oxygens (including phenoxy) is 1. The first kappa shape index (κ1) is 15.0. The number of carbonyl (C=O) groups excluding carboxylic acids is 2. The molecule has 0 bridgehead atoms. The average molecular weight is 291 g/mol. The molecule has 1 saturated carbocycles. The number of hydrogen-bond donors (Lipinski definition) is 2. The van der Waals surface area contributed by atoms with Crippen molar-refractivity contribution in [3.05, 3.63) is 29.8 Å². The number of carboxylic acids is 1. The Labute approximate surface area is 122 Å². The van der Waals surface area contributed by atoms with E-state index < -0.39 is 29.2 Å². The van der Waals surface area contributed by atoms with Gasteiger partial charge >= 0.3 is 11.9 Å². The molecule has 6 nitrogen and oxygen atoms in total. The second kappa shape index (κ2) is 5.20. The van der Waals surface area contributed by atoms with Gasteiger partial charge in [0.25, 0.3) is 0 Å². The number of anilines is 1. The van der Waals surface area contributed by atoms with Crippen LogP contribution in [0, 0.1) is 17.3 Å². The molecular formula is C15H17NO5. The quantitative estimate of drug-likeness (QED) is 0.825. The van der Waals surface area contributed by atoms with Crippen molar-refractivity contribution in [3.63, 3.8) is 0 Å². The highest BCUT2D eigenvalue weighted by Crippen LogP contribution is 2.58. The molecule has 21 heavy (non-hydrogen) atoms. The molecule has 1 aromatic rings. The van der Waals surface area contributed by atoms with Crippen LogP contribution in [0.15, 0.2) is 24.3 Å². The van der Waals surface area contributed by atoms with Gasteiger partial charge in [-0.1, -0.05) is 13.8 Å². The van der Waals surface area contributed by atoms with Gasteiger partial charge in [-0.3, -0.25) is 9.59 Å². The molecule has 2 atom stereocenters. The molecule has 1 aromatic carbocycles. The van der Waals surface area contributed by atoms with E-state index in [1.165, 1.54) is 19.2 Å². The summed E-state index contributed by atoms with van der Waals surface area (Å²) < 4.78 is 4.58. The summed E-state index contributed by atoms with van der Waals surface area (Å²) in [5.41, 5.74) is 0.354. The molecule has 0 radical (unpaired) electrons. The van der Waals surface area contributed by atoms with E-state index in [1.807, 2.05) is 0 Å². The fourth-order valence-electron chi connectivity index (χ4n) is 2.62. The maximum atomic E-state index is 12.1. The van der Waals surface area contributed by atoms with Gasteiger partial charge in [0.2, 0.25) is 5.91 Å². The molecule has 2 N–H and O–H groups in total. The van der Waals surface area contributed by atoms with Crippen molar-refractivity contribution >= 4 is 23.5 Å².